The number of aromatic nitrogens is 1. The monoisotopic (exact) mass is 262 g/mol. The lowest BCUT2D eigenvalue weighted by Gasteiger charge is -2.12. The molecule has 2 rings (SSSR count). The van der Waals surface area contributed by atoms with E-state index in [1.54, 1.807) is 6.92 Å². The van der Waals surface area contributed by atoms with Crippen LogP contribution in [0.25, 0.3) is 11.3 Å². The van der Waals surface area contributed by atoms with Crippen LogP contribution in [-0.4, -0.2) is 4.98 Å². The highest BCUT2D eigenvalue weighted by Gasteiger charge is 2.33. The van der Waals surface area contributed by atoms with Gasteiger partial charge in [0.05, 0.1) is 22.5 Å². The summed E-state index contributed by atoms with van der Waals surface area (Å²) in [6, 6.07) is 10.1. The molecule has 1 aromatic heterocycles. The van der Waals surface area contributed by atoms with Gasteiger partial charge in [-0.25, -0.2) is 0 Å². The highest BCUT2D eigenvalue weighted by molar-refractivity contribution is 5.65. The third-order valence-electron chi connectivity index (χ3n) is 2.71. The smallest absolute Gasteiger partial charge is 0.252 e. The van der Waals surface area contributed by atoms with Crippen molar-refractivity contribution in [2.24, 2.45) is 0 Å². The van der Waals surface area contributed by atoms with Crippen molar-refractivity contribution in [2.75, 3.05) is 0 Å². The molecule has 5 heteroatoms. The summed E-state index contributed by atoms with van der Waals surface area (Å²) in [6.45, 7) is 1.60. The third kappa shape index (κ3) is 2.58. The van der Waals surface area contributed by atoms with Crippen LogP contribution in [0.4, 0.5) is 13.2 Å². The molecule has 0 amide bonds. The SMILES string of the molecule is Cc1nc(-c2ccccc2C(F)(F)F)ccc1C#N. The molecule has 0 fully saturated rings. The molecule has 2 nitrogen and oxygen atoms in total. The number of aryl methyl sites for hydroxylation is 1. The summed E-state index contributed by atoms with van der Waals surface area (Å²) in [4.78, 5) is 4.07. The fraction of sp³-hybridized carbons (Fsp3) is 0.143. The number of halogens is 3. The summed E-state index contributed by atoms with van der Waals surface area (Å²) in [5, 5.41) is 8.79. The van der Waals surface area contributed by atoms with Gasteiger partial charge in [-0.1, -0.05) is 18.2 Å². The maximum atomic E-state index is 12.9. The minimum Gasteiger partial charge on any atom is -0.252 e. The van der Waals surface area contributed by atoms with E-state index in [0.29, 0.717) is 11.3 Å². The average Bonchev–Trinajstić information content (AvgIpc) is 2.37. The van der Waals surface area contributed by atoms with Gasteiger partial charge in [0, 0.05) is 5.56 Å². The number of pyridine rings is 1. The van der Waals surface area contributed by atoms with Gasteiger partial charge in [0.15, 0.2) is 0 Å². The maximum Gasteiger partial charge on any atom is 0.417 e. The lowest BCUT2D eigenvalue weighted by molar-refractivity contribution is -0.137. The summed E-state index contributed by atoms with van der Waals surface area (Å²) in [7, 11) is 0. The average molecular weight is 262 g/mol. The van der Waals surface area contributed by atoms with Crippen LogP contribution in [0.5, 0.6) is 0 Å². The largest absolute Gasteiger partial charge is 0.417 e. The number of rotatable bonds is 1. The molecule has 0 aliphatic heterocycles. The van der Waals surface area contributed by atoms with Gasteiger partial charge < -0.3 is 0 Å². The summed E-state index contributed by atoms with van der Waals surface area (Å²) in [6.07, 6.45) is -4.43. The molecule has 0 aliphatic rings. The summed E-state index contributed by atoms with van der Waals surface area (Å²) >= 11 is 0. The maximum absolute atomic E-state index is 12.9. The van der Waals surface area contributed by atoms with Crippen molar-refractivity contribution in [1.82, 2.24) is 4.98 Å². The molecule has 96 valence electrons. The second-order valence-electron chi connectivity index (χ2n) is 3.98. The van der Waals surface area contributed by atoms with Gasteiger partial charge in [-0.3, -0.25) is 4.98 Å². The molecule has 19 heavy (non-hydrogen) atoms. The first-order chi connectivity index (χ1) is 8.93. The molecule has 1 aromatic carbocycles. The van der Waals surface area contributed by atoms with Crippen molar-refractivity contribution in [3.8, 4) is 17.3 Å². The van der Waals surface area contributed by atoms with E-state index in [4.69, 9.17) is 5.26 Å². The van der Waals surface area contributed by atoms with Crippen molar-refractivity contribution >= 4 is 0 Å². The van der Waals surface area contributed by atoms with Crippen molar-refractivity contribution < 1.29 is 13.2 Å². The zero-order chi connectivity index (χ0) is 14.0. The van der Waals surface area contributed by atoms with Crippen LogP contribution in [0.15, 0.2) is 36.4 Å². The molecule has 0 aliphatic carbocycles. The van der Waals surface area contributed by atoms with E-state index in [9.17, 15) is 13.2 Å². The Kier molecular flexibility index (Phi) is 3.26. The summed E-state index contributed by atoms with van der Waals surface area (Å²) in [5.74, 6) is 0. The van der Waals surface area contributed by atoms with Crippen LogP contribution in [0.1, 0.15) is 16.8 Å². The Morgan fingerprint density at radius 1 is 1.11 bits per heavy atom. The van der Waals surface area contributed by atoms with Crippen molar-refractivity contribution in [2.45, 2.75) is 13.1 Å². The minimum atomic E-state index is -4.43. The van der Waals surface area contributed by atoms with Crippen LogP contribution in [0.3, 0.4) is 0 Å². The summed E-state index contributed by atoms with van der Waals surface area (Å²) < 4.78 is 38.7. The van der Waals surface area contributed by atoms with Crippen LogP contribution in [0.2, 0.25) is 0 Å². The molecule has 0 saturated heterocycles. The highest BCUT2D eigenvalue weighted by atomic mass is 19.4. The number of hydrogen-bond acceptors (Lipinski definition) is 2. The Hall–Kier alpha value is -2.35. The van der Waals surface area contributed by atoms with Crippen LogP contribution in [0, 0.1) is 18.3 Å². The Bertz CT molecular complexity index is 654. The topological polar surface area (TPSA) is 36.7 Å². The Labute approximate surface area is 108 Å². The van der Waals surface area contributed by atoms with E-state index in [0.717, 1.165) is 6.07 Å². The number of alkyl halides is 3. The summed E-state index contributed by atoms with van der Waals surface area (Å²) in [5.41, 5.74) is 0.267. The quantitative estimate of drug-likeness (QED) is 0.780. The van der Waals surface area contributed by atoms with E-state index >= 15 is 0 Å². The van der Waals surface area contributed by atoms with Gasteiger partial charge in [-0.05, 0) is 25.1 Å². The number of benzene rings is 1. The first-order valence-electron chi connectivity index (χ1n) is 5.48. The normalized spacial score (nSPS) is 11.1. The van der Waals surface area contributed by atoms with Gasteiger partial charge in [0.25, 0.3) is 0 Å². The lowest BCUT2D eigenvalue weighted by Crippen LogP contribution is -2.07. The van der Waals surface area contributed by atoms with Gasteiger partial charge in [-0.15, -0.1) is 0 Å². The number of nitrogens with zero attached hydrogens (tertiary/aromatic N) is 2. The molecular formula is C14H9F3N2. The fourth-order valence-corrected chi connectivity index (χ4v) is 1.78. The van der Waals surface area contributed by atoms with Crippen molar-refractivity contribution in [1.29, 1.82) is 5.26 Å². The number of nitriles is 1. The van der Waals surface area contributed by atoms with Crippen LogP contribution < -0.4 is 0 Å². The number of hydrogen-bond donors (Lipinski definition) is 0. The van der Waals surface area contributed by atoms with E-state index in [1.807, 2.05) is 6.07 Å². The fourth-order valence-electron chi connectivity index (χ4n) is 1.78. The van der Waals surface area contributed by atoms with Gasteiger partial charge >= 0.3 is 6.18 Å². The standard InChI is InChI=1S/C14H9F3N2/c1-9-10(8-18)6-7-13(19-9)11-4-2-3-5-12(11)14(15,16)17/h2-7H,1H3. The van der Waals surface area contributed by atoms with Crippen LogP contribution >= 0.6 is 0 Å². The highest BCUT2D eigenvalue weighted by Crippen LogP contribution is 2.36. The Balaban J connectivity index is 2.61. The molecule has 0 spiro atoms. The predicted molar refractivity (Wildman–Crippen MR) is 64.1 cm³/mol. The second kappa shape index (κ2) is 4.73. The second-order valence-corrected chi connectivity index (χ2v) is 3.98. The first kappa shape index (κ1) is 13.1. The molecule has 0 N–H and O–H groups in total. The lowest BCUT2D eigenvalue weighted by atomic mass is 10.0. The molecular weight excluding hydrogens is 253 g/mol. The molecule has 0 unspecified atom stereocenters. The molecule has 0 atom stereocenters. The Morgan fingerprint density at radius 3 is 2.37 bits per heavy atom. The molecule has 0 bridgehead atoms. The van der Waals surface area contributed by atoms with E-state index in [-0.39, 0.29) is 11.3 Å². The Morgan fingerprint density at radius 2 is 1.79 bits per heavy atom. The molecule has 0 saturated carbocycles. The molecule has 0 radical (unpaired) electrons. The molecule has 1 heterocycles. The van der Waals surface area contributed by atoms with E-state index in [2.05, 4.69) is 4.98 Å². The third-order valence-corrected chi connectivity index (χ3v) is 2.71. The van der Waals surface area contributed by atoms with Crippen molar-refractivity contribution in [3.05, 3.63) is 53.2 Å². The molecule has 2 aromatic rings. The zero-order valence-corrected chi connectivity index (χ0v) is 9.99. The van der Waals surface area contributed by atoms with Crippen LogP contribution in [-0.2, 0) is 6.18 Å². The van der Waals surface area contributed by atoms with Crippen molar-refractivity contribution in [3.63, 3.8) is 0 Å². The first-order valence-corrected chi connectivity index (χ1v) is 5.48. The van der Waals surface area contributed by atoms with Gasteiger partial charge in [-0.2, -0.15) is 18.4 Å². The minimum absolute atomic E-state index is 0.0163. The van der Waals surface area contributed by atoms with E-state index < -0.39 is 11.7 Å². The predicted octanol–water partition coefficient (Wildman–Crippen LogP) is 3.95. The van der Waals surface area contributed by atoms with Gasteiger partial charge in [0.1, 0.15) is 6.07 Å². The van der Waals surface area contributed by atoms with Gasteiger partial charge in [0.2, 0.25) is 0 Å². The zero-order valence-electron chi connectivity index (χ0n) is 9.99. The van der Waals surface area contributed by atoms with E-state index in [1.165, 1.54) is 30.3 Å².